The van der Waals surface area contributed by atoms with Gasteiger partial charge in [-0.15, -0.1) is 6.58 Å². The molecule has 0 fully saturated rings. The lowest BCUT2D eigenvalue weighted by molar-refractivity contribution is 0.273. The lowest BCUT2D eigenvalue weighted by atomic mass is 10.2. The van der Waals surface area contributed by atoms with E-state index in [4.69, 9.17) is 4.74 Å². The van der Waals surface area contributed by atoms with Crippen molar-refractivity contribution in [1.82, 2.24) is 20.3 Å². The summed E-state index contributed by atoms with van der Waals surface area (Å²) < 4.78 is 5.71. The van der Waals surface area contributed by atoms with Crippen molar-refractivity contribution in [2.24, 2.45) is 0 Å². The summed E-state index contributed by atoms with van der Waals surface area (Å²) in [6.07, 6.45) is 5.81. The van der Waals surface area contributed by atoms with Crippen molar-refractivity contribution >= 4 is 23.2 Å². The number of aliphatic hydroxyl groups is 1. The first-order valence-corrected chi connectivity index (χ1v) is 10.3. The van der Waals surface area contributed by atoms with E-state index in [-0.39, 0.29) is 6.61 Å². The number of fused-ring (bicyclic) bond motifs is 1. The van der Waals surface area contributed by atoms with Crippen molar-refractivity contribution in [2.75, 3.05) is 13.7 Å². The molecule has 0 saturated carbocycles. The van der Waals surface area contributed by atoms with Gasteiger partial charge in [-0.1, -0.05) is 24.3 Å². The number of H-pyrrole nitrogens is 3. The average Bonchev–Trinajstić information content (AvgIpc) is 3.40. The van der Waals surface area contributed by atoms with Crippen LogP contribution in [0.25, 0.3) is 23.2 Å². The standard InChI is InChI=1S/C25H28N4O2/c1-5-10-26-13-18-17-8-6-7-9-20(17)28-23(18)24-19(14-30)25(31-4)22(29-24)12-21-15(2)11-16(3)27-21/h5-9,11-13,26-30H,1,10,14H2,2-4H3/b18-13+,22-12-,24-23-. The molecule has 5 N–H and O–H groups in total. The first-order chi connectivity index (χ1) is 15.1. The fourth-order valence-electron chi connectivity index (χ4n) is 4.04. The van der Waals surface area contributed by atoms with Gasteiger partial charge in [0.1, 0.15) is 5.75 Å². The summed E-state index contributed by atoms with van der Waals surface area (Å²) in [7, 11) is 1.63. The lowest BCUT2D eigenvalue weighted by Crippen LogP contribution is -2.12. The molecule has 0 spiro atoms. The fraction of sp³-hybridized carbons (Fsp3) is 0.200. The summed E-state index contributed by atoms with van der Waals surface area (Å²) in [6, 6.07) is 10.2. The van der Waals surface area contributed by atoms with E-state index in [1.54, 1.807) is 7.11 Å². The minimum absolute atomic E-state index is 0.152. The number of ether oxygens (including phenoxy) is 1. The van der Waals surface area contributed by atoms with E-state index in [0.717, 1.165) is 49.1 Å². The molecule has 0 radical (unpaired) electrons. The number of rotatable bonds is 6. The van der Waals surface area contributed by atoms with Crippen LogP contribution in [0.15, 0.2) is 43.0 Å². The normalized spacial score (nSPS) is 13.8. The molecule has 0 unspecified atom stereocenters. The lowest BCUT2D eigenvalue weighted by Gasteiger charge is -1.99. The third kappa shape index (κ3) is 3.78. The van der Waals surface area contributed by atoms with Crippen LogP contribution in [-0.4, -0.2) is 33.7 Å². The molecular weight excluding hydrogens is 388 g/mol. The van der Waals surface area contributed by atoms with Gasteiger partial charge in [0.15, 0.2) is 0 Å². The summed E-state index contributed by atoms with van der Waals surface area (Å²) >= 11 is 0. The molecule has 0 aliphatic heterocycles. The highest BCUT2D eigenvalue weighted by Gasteiger charge is 2.12. The zero-order valence-corrected chi connectivity index (χ0v) is 18.1. The smallest absolute Gasteiger partial charge is 0.150 e. The Balaban J connectivity index is 2.14. The van der Waals surface area contributed by atoms with Crippen LogP contribution in [0.5, 0.6) is 5.75 Å². The molecule has 0 saturated heterocycles. The number of para-hydroxylation sites is 1. The van der Waals surface area contributed by atoms with Crippen LogP contribution < -0.4 is 20.6 Å². The van der Waals surface area contributed by atoms with Gasteiger partial charge in [-0.05, 0) is 37.6 Å². The third-order valence-corrected chi connectivity index (χ3v) is 5.43. The van der Waals surface area contributed by atoms with Crippen LogP contribution in [0.2, 0.25) is 0 Å². The van der Waals surface area contributed by atoms with Crippen LogP contribution in [-0.2, 0) is 6.61 Å². The van der Waals surface area contributed by atoms with Gasteiger partial charge < -0.3 is 30.1 Å². The number of hydrogen-bond donors (Lipinski definition) is 5. The number of nitrogens with one attached hydrogen (secondary N) is 4. The summed E-state index contributed by atoms with van der Waals surface area (Å²) in [6.45, 7) is 8.37. The number of benzene rings is 1. The molecule has 0 aliphatic carbocycles. The highest BCUT2D eigenvalue weighted by Crippen LogP contribution is 2.17. The van der Waals surface area contributed by atoms with E-state index in [1.165, 1.54) is 0 Å². The second-order valence-corrected chi connectivity index (χ2v) is 7.58. The highest BCUT2D eigenvalue weighted by molar-refractivity contribution is 5.80. The summed E-state index contributed by atoms with van der Waals surface area (Å²) in [5.74, 6) is 0.632. The van der Waals surface area contributed by atoms with Crippen LogP contribution in [0, 0.1) is 24.5 Å². The summed E-state index contributed by atoms with van der Waals surface area (Å²) in [5, 5.41) is 18.1. The van der Waals surface area contributed by atoms with Gasteiger partial charge >= 0.3 is 0 Å². The van der Waals surface area contributed by atoms with Crippen LogP contribution in [0.4, 0.5) is 0 Å². The maximum atomic E-state index is 10.2. The van der Waals surface area contributed by atoms with Crippen LogP contribution >= 0.6 is 0 Å². The Bertz CT molecular complexity index is 1450. The molecular formula is C25H28N4O2. The maximum Gasteiger partial charge on any atom is 0.150 e. The summed E-state index contributed by atoms with van der Waals surface area (Å²) in [5.41, 5.74) is 4.97. The molecule has 6 heteroatoms. The van der Waals surface area contributed by atoms with Gasteiger partial charge in [0.2, 0.25) is 0 Å². The van der Waals surface area contributed by atoms with E-state index in [2.05, 4.69) is 45.9 Å². The van der Waals surface area contributed by atoms with Crippen molar-refractivity contribution in [3.63, 3.8) is 0 Å². The number of aromatic nitrogens is 3. The minimum Gasteiger partial charge on any atom is -0.494 e. The number of aliphatic hydroxyl groups excluding tert-OH is 1. The van der Waals surface area contributed by atoms with Crippen molar-refractivity contribution < 1.29 is 9.84 Å². The van der Waals surface area contributed by atoms with Crippen LogP contribution in [0.3, 0.4) is 0 Å². The molecule has 0 atom stereocenters. The Morgan fingerprint density at radius 2 is 1.94 bits per heavy atom. The van der Waals surface area contributed by atoms with Crippen LogP contribution in [0.1, 0.15) is 22.5 Å². The van der Waals surface area contributed by atoms with Gasteiger partial charge in [0.05, 0.1) is 29.8 Å². The third-order valence-electron chi connectivity index (χ3n) is 5.43. The average molecular weight is 417 g/mol. The molecule has 0 bridgehead atoms. The minimum atomic E-state index is -0.152. The first-order valence-electron chi connectivity index (χ1n) is 10.3. The SMILES string of the molecule is C=CCN/C=c1/c(=c2/[nH]/c(=C\c3[nH]c(C)cc3C)c(OC)c2CO)[nH]c2ccccc12. The second kappa shape index (κ2) is 8.62. The number of hydrogen-bond acceptors (Lipinski definition) is 3. The number of aryl methyl sites for hydroxylation is 2. The number of aromatic amines is 3. The number of methoxy groups -OCH3 is 1. The van der Waals surface area contributed by atoms with Gasteiger partial charge in [0.25, 0.3) is 0 Å². The molecule has 3 aromatic heterocycles. The van der Waals surface area contributed by atoms with Gasteiger partial charge in [-0.3, -0.25) is 0 Å². The molecule has 3 heterocycles. The van der Waals surface area contributed by atoms with Crippen molar-refractivity contribution in [1.29, 1.82) is 0 Å². The zero-order valence-electron chi connectivity index (χ0n) is 18.1. The highest BCUT2D eigenvalue weighted by atomic mass is 16.5. The quantitative estimate of drug-likeness (QED) is 0.247. The molecule has 31 heavy (non-hydrogen) atoms. The molecule has 6 nitrogen and oxygen atoms in total. The molecule has 160 valence electrons. The van der Waals surface area contributed by atoms with E-state index in [0.29, 0.717) is 17.9 Å². The Kier molecular flexibility index (Phi) is 5.73. The fourth-order valence-corrected chi connectivity index (χ4v) is 4.04. The molecule has 0 amide bonds. The second-order valence-electron chi connectivity index (χ2n) is 7.58. The van der Waals surface area contributed by atoms with Crippen molar-refractivity contribution in [3.05, 3.63) is 86.8 Å². The molecule has 0 aliphatic rings. The monoisotopic (exact) mass is 416 g/mol. The van der Waals surface area contributed by atoms with E-state index in [1.807, 2.05) is 43.5 Å². The van der Waals surface area contributed by atoms with E-state index >= 15 is 0 Å². The predicted octanol–water partition coefficient (Wildman–Crippen LogP) is 2.57. The predicted molar refractivity (Wildman–Crippen MR) is 125 cm³/mol. The maximum absolute atomic E-state index is 10.2. The largest absolute Gasteiger partial charge is 0.494 e. The zero-order chi connectivity index (χ0) is 22.0. The Labute approximate surface area is 180 Å². The topological polar surface area (TPSA) is 88.9 Å². The van der Waals surface area contributed by atoms with Crippen molar-refractivity contribution in [3.8, 4) is 5.75 Å². The first kappa shape index (κ1) is 20.6. The van der Waals surface area contributed by atoms with E-state index in [9.17, 15) is 5.11 Å². The Morgan fingerprint density at radius 3 is 2.61 bits per heavy atom. The van der Waals surface area contributed by atoms with Gasteiger partial charge in [0, 0.05) is 45.8 Å². The van der Waals surface area contributed by atoms with Crippen molar-refractivity contribution in [2.45, 2.75) is 20.5 Å². The van der Waals surface area contributed by atoms with Gasteiger partial charge in [-0.25, -0.2) is 0 Å². The molecule has 4 aromatic rings. The molecule has 1 aromatic carbocycles. The van der Waals surface area contributed by atoms with E-state index < -0.39 is 0 Å². The Hall–Kier alpha value is -3.64. The summed E-state index contributed by atoms with van der Waals surface area (Å²) in [4.78, 5) is 10.4. The Morgan fingerprint density at radius 1 is 1.13 bits per heavy atom. The van der Waals surface area contributed by atoms with Gasteiger partial charge in [-0.2, -0.15) is 0 Å². The molecule has 4 rings (SSSR count).